The van der Waals surface area contributed by atoms with E-state index in [9.17, 15) is 39.6 Å². The average Bonchev–Trinajstić information content (AvgIpc) is 3.02. The standard InChI is InChI=1S/C31H28N2O11/c34-20-14-18(15-22(25(20)36)44-31(42)27(38)26(37)30(40)41)28-23(24(35)19-8-4-5-9-21(19)43-28)29(39)33-12-10-32(11-13-33)16-17-6-2-1-3-7-17/h1-9,14-15,26-27,34,36-38H,10-13,16H2,(H,40,41). The third kappa shape index (κ3) is 6.10. The van der Waals surface area contributed by atoms with E-state index in [1.54, 1.807) is 12.1 Å². The number of ether oxygens (including phenoxy) is 1. The minimum atomic E-state index is -2.53. The number of hydrogen-bond donors (Lipinski definition) is 5. The summed E-state index contributed by atoms with van der Waals surface area (Å²) in [6, 6.07) is 18.0. The molecule has 44 heavy (non-hydrogen) atoms. The van der Waals surface area contributed by atoms with Crippen LogP contribution in [0.4, 0.5) is 0 Å². The zero-order valence-electron chi connectivity index (χ0n) is 23.1. The molecule has 5 rings (SSSR count). The summed E-state index contributed by atoms with van der Waals surface area (Å²) in [6.45, 7) is 2.40. The molecule has 1 aliphatic rings. The third-order valence-corrected chi connectivity index (χ3v) is 7.24. The summed E-state index contributed by atoms with van der Waals surface area (Å²) >= 11 is 0. The Labute approximate surface area is 249 Å². The van der Waals surface area contributed by atoms with Crippen LogP contribution in [0.3, 0.4) is 0 Å². The molecule has 1 aliphatic heterocycles. The topological polar surface area (TPSA) is 198 Å². The number of benzene rings is 3. The SMILES string of the molecule is O=C(O)C(O)C(O)C(=O)Oc1cc(-c2oc3ccccc3c(=O)c2C(=O)N2CCN(Cc3ccccc3)CC2)cc(O)c1O. The highest BCUT2D eigenvalue weighted by Gasteiger charge is 2.34. The van der Waals surface area contributed by atoms with Crippen molar-refractivity contribution in [3.8, 4) is 28.6 Å². The van der Waals surface area contributed by atoms with Crippen LogP contribution < -0.4 is 10.2 Å². The number of phenols is 2. The maximum absolute atomic E-state index is 13.9. The minimum Gasteiger partial charge on any atom is -0.504 e. The molecule has 0 bridgehead atoms. The van der Waals surface area contributed by atoms with E-state index in [1.807, 2.05) is 30.3 Å². The Kier molecular flexibility index (Phi) is 8.62. The largest absolute Gasteiger partial charge is 0.504 e. The second kappa shape index (κ2) is 12.6. The number of aromatic hydroxyl groups is 2. The molecule has 2 unspecified atom stereocenters. The van der Waals surface area contributed by atoms with Gasteiger partial charge in [-0.3, -0.25) is 14.5 Å². The molecule has 2 heterocycles. The summed E-state index contributed by atoms with van der Waals surface area (Å²) in [5, 5.41) is 49.0. The molecule has 4 aromatic rings. The van der Waals surface area contributed by atoms with Gasteiger partial charge in [-0.15, -0.1) is 0 Å². The number of piperazine rings is 1. The lowest BCUT2D eigenvalue weighted by Crippen LogP contribution is -2.49. The van der Waals surface area contributed by atoms with Crippen LogP contribution in [0.15, 0.2) is 75.9 Å². The number of carbonyl (C=O) groups is 3. The molecule has 228 valence electrons. The number of carbonyl (C=O) groups excluding carboxylic acids is 2. The van der Waals surface area contributed by atoms with Gasteiger partial charge in [-0.1, -0.05) is 42.5 Å². The maximum atomic E-state index is 13.9. The van der Waals surface area contributed by atoms with Gasteiger partial charge in [-0.2, -0.15) is 0 Å². The van der Waals surface area contributed by atoms with Gasteiger partial charge in [-0.25, -0.2) is 9.59 Å². The number of carboxylic acid groups (broad SMARTS) is 1. The summed E-state index contributed by atoms with van der Waals surface area (Å²) < 4.78 is 10.9. The molecule has 0 saturated carbocycles. The van der Waals surface area contributed by atoms with Gasteiger partial charge >= 0.3 is 11.9 Å². The second-order valence-corrected chi connectivity index (χ2v) is 10.2. The minimum absolute atomic E-state index is 0.114. The van der Waals surface area contributed by atoms with Gasteiger partial charge < -0.3 is 39.6 Å². The molecule has 1 saturated heterocycles. The monoisotopic (exact) mass is 604 g/mol. The summed E-state index contributed by atoms with van der Waals surface area (Å²) in [7, 11) is 0. The normalized spacial score (nSPS) is 15.1. The first-order valence-corrected chi connectivity index (χ1v) is 13.5. The fourth-order valence-electron chi connectivity index (χ4n) is 4.88. The van der Waals surface area contributed by atoms with Crippen molar-refractivity contribution in [1.29, 1.82) is 0 Å². The van der Waals surface area contributed by atoms with Crippen LogP contribution in [0.1, 0.15) is 15.9 Å². The predicted molar refractivity (Wildman–Crippen MR) is 154 cm³/mol. The van der Waals surface area contributed by atoms with Gasteiger partial charge in [0.15, 0.2) is 29.5 Å². The Morgan fingerprint density at radius 3 is 2.23 bits per heavy atom. The number of para-hydroxylation sites is 1. The van der Waals surface area contributed by atoms with Crippen LogP contribution in [-0.2, 0) is 16.1 Å². The zero-order chi connectivity index (χ0) is 31.5. The van der Waals surface area contributed by atoms with Gasteiger partial charge in [0.1, 0.15) is 11.1 Å². The van der Waals surface area contributed by atoms with Crippen LogP contribution >= 0.6 is 0 Å². The molecule has 0 radical (unpaired) electrons. The number of aliphatic hydroxyl groups excluding tert-OH is 2. The Bertz CT molecular complexity index is 1780. The molecule has 3 aromatic carbocycles. The quantitative estimate of drug-likeness (QED) is 0.111. The molecule has 1 aromatic heterocycles. The van der Waals surface area contributed by atoms with Crippen molar-refractivity contribution in [3.05, 3.63) is 88.1 Å². The smallest absolute Gasteiger partial charge is 0.343 e. The number of aliphatic carboxylic acids is 1. The van der Waals surface area contributed by atoms with E-state index in [-0.39, 0.29) is 27.9 Å². The van der Waals surface area contributed by atoms with Crippen molar-refractivity contribution in [2.45, 2.75) is 18.8 Å². The van der Waals surface area contributed by atoms with Crippen LogP contribution in [0, 0.1) is 0 Å². The molecule has 0 spiro atoms. The van der Waals surface area contributed by atoms with E-state index >= 15 is 0 Å². The first-order valence-electron chi connectivity index (χ1n) is 13.5. The molecule has 13 nitrogen and oxygen atoms in total. The van der Waals surface area contributed by atoms with Gasteiger partial charge in [0.05, 0.1) is 5.39 Å². The van der Waals surface area contributed by atoms with Crippen LogP contribution in [0.25, 0.3) is 22.3 Å². The number of amides is 1. The van der Waals surface area contributed by atoms with E-state index in [0.29, 0.717) is 32.7 Å². The number of esters is 1. The van der Waals surface area contributed by atoms with E-state index in [4.69, 9.17) is 14.3 Å². The fourth-order valence-corrected chi connectivity index (χ4v) is 4.88. The van der Waals surface area contributed by atoms with Gasteiger partial charge in [-0.05, 0) is 29.8 Å². The Hall–Kier alpha value is -5.24. The first-order chi connectivity index (χ1) is 21.0. The molecule has 1 fully saturated rings. The van der Waals surface area contributed by atoms with Crippen molar-refractivity contribution in [3.63, 3.8) is 0 Å². The Morgan fingerprint density at radius 1 is 0.886 bits per heavy atom. The van der Waals surface area contributed by atoms with Crippen LogP contribution in [0.5, 0.6) is 17.2 Å². The number of rotatable bonds is 8. The highest BCUT2D eigenvalue weighted by Crippen LogP contribution is 2.41. The fraction of sp³-hybridized carbons (Fsp3) is 0.226. The lowest BCUT2D eigenvalue weighted by atomic mass is 10.0. The zero-order valence-corrected chi connectivity index (χ0v) is 23.1. The Balaban J connectivity index is 1.50. The third-order valence-electron chi connectivity index (χ3n) is 7.24. The molecular weight excluding hydrogens is 576 g/mol. The van der Waals surface area contributed by atoms with E-state index in [2.05, 4.69) is 4.90 Å². The van der Waals surface area contributed by atoms with Crippen molar-refractivity contribution >= 4 is 28.8 Å². The van der Waals surface area contributed by atoms with Crippen molar-refractivity contribution in [2.75, 3.05) is 26.2 Å². The van der Waals surface area contributed by atoms with E-state index < -0.39 is 52.7 Å². The lowest BCUT2D eigenvalue weighted by Gasteiger charge is -2.34. The van der Waals surface area contributed by atoms with Crippen molar-refractivity contribution in [2.24, 2.45) is 0 Å². The highest BCUT2D eigenvalue weighted by molar-refractivity contribution is 6.02. The number of aliphatic hydroxyl groups is 2. The molecule has 5 N–H and O–H groups in total. The average molecular weight is 605 g/mol. The maximum Gasteiger partial charge on any atom is 0.343 e. The highest BCUT2D eigenvalue weighted by atomic mass is 16.6. The van der Waals surface area contributed by atoms with Crippen molar-refractivity contribution in [1.82, 2.24) is 9.80 Å². The molecule has 2 atom stereocenters. The van der Waals surface area contributed by atoms with Gasteiger partial charge in [0.25, 0.3) is 5.91 Å². The van der Waals surface area contributed by atoms with Gasteiger partial charge in [0, 0.05) is 38.3 Å². The van der Waals surface area contributed by atoms with Gasteiger partial charge in [0.2, 0.25) is 11.2 Å². The number of carboxylic acids is 1. The predicted octanol–water partition coefficient (Wildman–Crippen LogP) is 1.54. The molecule has 13 heteroatoms. The summed E-state index contributed by atoms with van der Waals surface area (Å²) in [5.74, 6) is -7.06. The Morgan fingerprint density at radius 2 is 1.55 bits per heavy atom. The second-order valence-electron chi connectivity index (χ2n) is 10.2. The number of phenolic OH excluding ortho intramolecular Hbond substituents is 2. The first kappa shape index (κ1) is 30.2. The lowest BCUT2D eigenvalue weighted by molar-refractivity contribution is -0.164. The van der Waals surface area contributed by atoms with E-state index in [1.165, 1.54) is 17.0 Å². The van der Waals surface area contributed by atoms with Crippen LogP contribution in [0.2, 0.25) is 0 Å². The summed E-state index contributed by atoms with van der Waals surface area (Å²) in [4.78, 5) is 54.5. The summed E-state index contributed by atoms with van der Waals surface area (Å²) in [5.41, 5.74) is 0.0834. The number of fused-ring (bicyclic) bond motifs is 1. The van der Waals surface area contributed by atoms with Crippen LogP contribution in [-0.4, -0.2) is 91.6 Å². The molecular formula is C31H28N2O11. The molecule has 0 aliphatic carbocycles. The molecule has 1 amide bonds. The number of hydrogen-bond acceptors (Lipinski definition) is 11. The van der Waals surface area contributed by atoms with Crippen molar-refractivity contribution < 1.29 is 49.1 Å². The van der Waals surface area contributed by atoms with E-state index in [0.717, 1.165) is 17.7 Å². The number of nitrogens with zero attached hydrogens (tertiary/aromatic N) is 2. The summed E-state index contributed by atoms with van der Waals surface area (Å²) in [6.07, 6.45) is -5.06.